The number of pyridine rings is 1. The van der Waals surface area contributed by atoms with Crippen LogP contribution < -0.4 is 5.32 Å². The highest BCUT2D eigenvalue weighted by Crippen LogP contribution is 2.19. The Labute approximate surface area is 134 Å². The topological polar surface area (TPSA) is 46.4 Å². The lowest BCUT2D eigenvalue weighted by Gasteiger charge is -2.06. The third-order valence-corrected chi connectivity index (χ3v) is 3.83. The molecule has 0 radical (unpaired) electrons. The van der Waals surface area contributed by atoms with Crippen molar-refractivity contribution < 1.29 is 4.79 Å². The molecule has 0 atom stereocenters. The molecule has 0 unspecified atom stereocenters. The van der Waals surface area contributed by atoms with Gasteiger partial charge in [-0.2, -0.15) is 0 Å². The Hall–Kier alpha value is -1.85. The maximum Gasteiger partial charge on any atom is 0.274 e. The molecule has 1 amide bonds. The number of aryl methyl sites for hydroxylation is 1. The van der Waals surface area contributed by atoms with Crippen LogP contribution in [-0.4, -0.2) is 15.3 Å². The predicted molar refractivity (Wildman–Crippen MR) is 87.0 cm³/mol. The first kappa shape index (κ1) is 14.1. The fourth-order valence-electron chi connectivity index (χ4n) is 2.13. The zero-order valence-corrected chi connectivity index (χ0v) is 13.4. The zero-order chi connectivity index (χ0) is 15.0. The number of carbonyl (C=O) groups excluding carboxylic acids is 1. The molecule has 106 valence electrons. The summed E-state index contributed by atoms with van der Waals surface area (Å²) >= 11 is 9.36. The van der Waals surface area contributed by atoms with Gasteiger partial charge in [-0.3, -0.25) is 9.20 Å². The van der Waals surface area contributed by atoms with Crippen molar-refractivity contribution in [2.24, 2.45) is 0 Å². The summed E-state index contributed by atoms with van der Waals surface area (Å²) in [5.41, 5.74) is 2.56. The number of nitrogens with one attached hydrogen (secondary N) is 1. The average molecular weight is 365 g/mol. The van der Waals surface area contributed by atoms with E-state index in [-0.39, 0.29) is 5.91 Å². The Morgan fingerprint density at radius 2 is 1.95 bits per heavy atom. The number of amides is 1. The van der Waals surface area contributed by atoms with Crippen LogP contribution in [0.2, 0.25) is 5.02 Å². The van der Waals surface area contributed by atoms with E-state index in [2.05, 4.69) is 26.2 Å². The van der Waals surface area contributed by atoms with Gasteiger partial charge in [0.25, 0.3) is 5.91 Å². The molecule has 3 aromatic rings. The van der Waals surface area contributed by atoms with E-state index in [0.29, 0.717) is 22.1 Å². The van der Waals surface area contributed by atoms with Gasteiger partial charge in [-0.05, 0) is 43.3 Å². The van der Waals surface area contributed by atoms with Crippen LogP contribution in [0.15, 0.2) is 47.1 Å². The maximum atomic E-state index is 12.5. The van der Waals surface area contributed by atoms with Crippen molar-refractivity contribution in [3.63, 3.8) is 0 Å². The van der Waals surface area contributed by atoms with Gasteiger partial charge in [0.05, 0.1) is 10.7 Å². The fraction of sp³-hybridized carbons (Fsp3) is 0.0667. The molecular formula is C15H11BrClN3O. The summed E-state index contributed by atoms with van der Waals surface area (Å²) in [6.45, 7) is 1.80. The number of rotatable bonds is 2. The van der Waals surface area contributed by atoms with E-state index >= 15 is 0 Å². The number of aromatic nitrogens is 2. The molecule has 21 heavy (non-hydrogen) atoms. The van der Waals surface area contributed by atoms with Crippen LogP contribution in [0, 0.1) is 6.92 Å². The summed E-state index contributed by atoms with van der Waals surface area (Å²) in [5.74, 6) is -0.218. The number of hydrogen-bond acceptors (Lipinski definition) is 2. The summed E-state index contributed by atoms with van der Waals surface area (Å²) < 4.78 is 2.66. The van der Waals surface area contributed by atoms with Crippen molar-refractivity contribution in [3.8, 4) is 0 Å². The Morgan fingerprint density at radius 3 is 2.67 bits per heavy atom. The van der Waals surface area contributed by atoms with Gasteiger partial charge in [-0.15, -0.1) is 0 Å². The summed E-state index contributed by atoms with van der Waals surface area (Å²) in [6.07, 6.45) is 1.69. The smallest absolute Gasteiger partial charge is 0.274 e. The maximum absolute atomic E-state index is 12.5. The van der Waals surface area contributed by atoms with Crippen molar-refractivity contribution in [2.75, 3.05) is 5.32 Å². The molecule has 0 saturated carbocycles. The molecule has 1 N–H and O–H groups in total. The molecule has 0 fully saturated rings. The lowest BCUT2D eigenvalue weighted by molar-refractivity contribution is 0.102. The standard InChI is InChI=1S/C15H11BrClN3O/c1-9-14(20-8-11(17)4-7-13(20)18-9)15(21)19-12-5-2-10(16)3-6-12/h2-8H,1H3,(H,19,21). The normalized spacial score (nSPS) is 10.8. The van der Waals surface area contributed by atoms with Gasteiger partial charge >= 0.3 is 0 Å². The minimum atomic E-state index is -0.218. The molecule has 2 heterocycles. The number of benzene rings is 1. The molecule has 4 nitrogen and oxygen atoms in total. The van der Waals surface area contributed by atoms with Crippen molar-refractivity contribution in [2.45, 2.75) is 6.92 Å². The first-order valence-electron chi connectivity index (χ1n) is 6.26. The Kier molecular flexibility index (Phi) is 3.69. The number of anilines is 1. The average Bonchev–Trinajstić information content (AvgIpc) is 2.76. The third-order valence-electron chi connectivity index (χ3n) is 3.07. The second kappa shape index (κ2) is 5.50. The van der Waals surface area contributed by atoms with E-state index in [9.17, 15) is 4.79 Å². The SMILES string of the molecule is Cc1nc2ccc(Cl)cn2c1C(=O)Nc1ccc(Br)cc1. The number of carbonyl (C=O) groups is 1. The van der Waals surface area contributed by atoms with Crippen LogP contribution in [0.5, 0.6) is 0 Å². The molecule has 1 aromatic carbocycles. The lowest BCUT2D eigenvalue weighted by Crippen LogP contribution is -2.15. The highest BCUT2D eigenvalue weighted by Gasteiger charge is 2.16. The van der Waals surface area contributed by atoms with Crippen LogP contribution in [0.4, 0.5) is 5.69 Å². The number of hydrogen-bond donors (Lipinski definition) is 1. The van der Waals surface area contributed by atoms with E-state index in [1.54, 1.807) is 29.7 Å². The predicted octanol–water partition coefficient (Wildman–Crippen LogP) is 4.31. The molecule has 0 spiro atoms. The third kappa shape index (κ3) is 2.80. The van der Waals surface area contributed by atoms with Gasteiger partial charge in [0.15, 0.2) is 0 Å². The van der Waals surface area contributed by atoms with Gasteiger partial charge < -0.3 is 5.32 Å². The highest BCUT2D eigenvalue weighted by atomic mass is 79.9. The Bertz CT molecular complexity index is 827. The summed E-state index contributed by atoms with van der Waals surface area (Å²) in [5, 5.41) is 3.41. The van der Waals surface area contributed by atoms with Crippen LogP contribution in [0.3, 0.4) is 0 Å². The van der Waals surface area contributed by atoms with Crippen LogP contribution in [0.1, 0.15) is 16.2 Å². The first-order chi connectivity index (χ1) is 10.0. The molecule has 0 aliphatic rings. The molecular weight excluding hydrogens is 354 g/mol. The Balaban J connectivity index is 1.99. The number of fused-ring (bicyclic) bond motifs is 1. The van der Waals surface area contributed by atoms with E-state index in [4.69, 9.17) is 11.6 Å². The molecule has 0 bridgehead atoms. The van der Waals surface area contributed by atoms with Crippen molar-refractivity contribution in [1.29, 1.82) is 0 Å². The van der Waals surface area contributed by atoms with Gasteiger partial charge in [-0.25, -0.2) is 4.98 Å². The van der Waals surface area contributed by atoms with Gasteiger partial charge in [0.2, 0.25) is 0 Å². The molecule has 6 heteroatoms. The lowest BCUT2D eigenvalue weighted by atomic mass is 10.3. The van der Waals surface area contributed by atoms with E-state index < -0.39 is 0 Å². The molecule has 0 aliphatic carbocycles. The van der Waals surface area contributed by atoms with Crippen molar-refractivity contribution in [1.82, 2.24) is 9.38 Å². The van der Waals surface area contributed by atoms with Crippen LogP contribution >= 0.6 is 27.5 Å². The largest absolute Gasteiger partial charge is 0.321 e. The summed E-state index contributed by atoms with van der Waals surface area (Å²) in [4.78, 5) is 16.8. The van der Waals surface area contributed by atoms with E-state index in [0.717, 1.165) is 10.2 Å². The second-order valence-electron chi connectivity index (χ2n) is 4.58. The first-order valence-corrected chi connectivity index (χ1v) is 7.43. The minimum absolute atomic E-state index is 0.218. The fourth-order valence-corrected chi connectivity index (χ4v) is 2.56. The quantitative estimate of drug-likeness (QED) is 0.736. The van der Waals surface area contributed by atoms with Gasteiger partial charge in [0.1, 0.15) is 11.3 Å². The number of imidazole rings is 1. The summed E-state index contributed by atoms with van der Waals surface area (Å²) in [7, 11) is 0. The van der Waals surface area contributed by atoms with E-state index in [1.807, 2.05) is 24.3 Å². The highest BCUT2D eigenvalue weighted by molar-refractivity contribution is 9.10. The summed E-state index contributed by atoms with van der Waals surface area (Å²) in [6, 6.07) is 10.9. The molecule has 2 aromatic heterocycles. The number of halogens is 2. The number of nitrogens with zero attached hydrogens (tertiary/aromatic N) is 2. The van der Waals surface area contributed by atoms with Crippen LogP contribution in [-0.2, 0) is 0 Å². The van der Waals surface area contributed by atoms with Gasteiger partial charge in [-0.1, -0.05) is 27.5 Å². The molecule has 0 saturated heterocycles. The Morgan fingerprint density at radius 1 is 1.24 bits per heavy atom. The van der Waals surface area contributed by atoms with Crippen molar-refractivity contribution >= 4 is 44.8 Å². The van der Waals surface area contributed by atoms with Gasteiger partial charge in [0, 0.05) is 16.4 Å². The van der Waals surface area contributed by atoms with Crippen molar-refractivity contribution in [3.05, 3.63) is 63.5 Å². The molecule has 0 aliphatic heterocycles. The monoisotopic (exact) mass is 363 g/mol. The van der Waals surface area contributed by atoms with E-state index in [1.165, 1.54) is 0 Å². The minimum Gasteiger partial charge on any atom is -0.321 e. The van der Waals surface area contributed by atoms with Crippen LogP contribution in [0.25, 0.3) is 5.65 Å². The molecule has 3 rings (SSSR count). The zero-order valence-electron chi connectivity index (χ0n) is 11.1. The second-order valence-corrected chi connectivity index (χ2v) is 5.93.